The number of hydrogen-bond donors (Lipinski definition) is 2. The molecule has 0 fully saturated rings. The van der Waals surface area contributed by atoms with E-state index in [4.69, 9.17) is 4.74 Å². The first-order valence-corrected chi connectivity index (χ1v) is 11.0. The van der Waals surface area contributed by atoms with Crippen LogP contribution in [0, 0.1) is 0 Å². The standard InChI is InChI=1S/C21H26N2O5S/c1-4-13-22-29(26,27)19-8-6-7-17(14-19)21(25)28-15(3)20(24)23-18-11-9-16(5-2)10-12-18/h6-12,14-15,22H,4-5,13H2,1-3H3,(H,23,24)/t15-/m0/s1. The van der Waals surface area contributed by atoms with Crippen molar-refractivity contribution in [3.8, 4) is 0 Å². The molecule has 2 aromatic carbocycles. The van der Waals surface area contributed by atoms with Crippen LogP contribution in [0.3, 0.4) is 0 Å². The second kappa shape index (κ2) is 10.2. The van der Waals surface area contributed by atoms with Crippen LogP contribution in [0.25, 0.3) is 0 Å². The summed E-state index contributed by atoms with van der Waals surface area (Å²) < 4.78 is 32.1. The Kier molecular flexibility index (Phi) is 7.92. The zero-order valence-electron chi connectivity index (χ0n) is 16.8. The van der Waals surface area contributed by atoms with E-state index in [1.54, 1.807) is 12.1 Å². The van der Waals surface area contributed by atoms with E-state index in [9.17, 15) is 18.0 Å². The van der Waals surface area contributed by atoms with Crippen LogP contribution in [0.5, 0.6) is 0 Å². The third kappa shape index (κ3) is 6.40. The summed E-state index contributed by atoms with van der Waals surface area (Å²) in [5.41, 5.74) is 1.80. The Hall–Kier alpha value is -2.71. The largest absolute Gasteiger partial charge is 0.449 e. The molecular weight excluding hydrogens is 392 g/mol. The van der Waals surface area contributed by atoms with Crippen molar-refractivity contribution in [2.75, 3.05) is 11.9 Å². The van der Waals surface area contributed by atoms with Crippen molar-refractivity contribution in [3.63, 3.8) is 0 Å². The number of carbonyl (C=O) groups is 2. The molecule has 8 heteroatoms. The van der Waals surface area contributed by atoms with Crippen molar-refractivity contribution < 1.29 is 22.7 Å². The lowest BCUT2D eigenvalue weighted by Crippen LogP contribution is -2.30. The maximum atomic E-state index is 12.4. The maximum absolute atomic E-state index is 12.4. The fourth-order valence-electron chi connectivity index (χ4n) is 2.46. The summed E-state index contributed by atoms with van der Waals surface area (Å²) in [6.45, 7) is 5.64. The molecule has 0 aliphatic heterocycles. The van der Waals surface area contributed by atoms with E-state index in [0.29, 0.717) is 18.7 Å². The number of amides is 1. The minimum atomic E-state index is -3.71. The van der Waals surface area contributed by atoms with Crippen molar-refractivity contribution in [1.29, 1.82) is 0 Å². The molecule has 2 N–H and O–H groups in total. The van der Waals surface area contributed by atoms with Crippen molar-refractivity contribution in [2.45, 2.75) is 44.6 Å². The highest BCUT2D eigenvalue weighted by atomic mass is 32.2. The number of benzene rings is 2. The van der Waals surface area contributed by atoms with Gasteiger partial charge in [-0.3, -0.25) is 4.79 Å². The molecule has 7 nitrogen and oxygen atoms in total. The molecule has 0 saturated carbocycles. The van der Waals surface area contributed by atoms with Crippen LogP contribution < -0.4 is 10.0 Å². The second-order valence-electron chi connectivity index (χ2n) is 6.51. The third-order valence-electron chi connectivity index (χ3n) is 4.20. The Morgan fingerprint density at radius 1 is 1.07 bits per heavy atom. The van der Waals surface area contributed by atoms with Gasteiger partial charge in [0, 0.05) is 12.2 Å². The molecule has 0 unspecified atom stereocenters. The van der Waals surface area contributed by atoms with Crippen molar-refractivity contribution in [3.05, 3.63) is 59.7 Å². The molecule has 0 spiro atoms. The fraction of sp³-hybridized carbons (Fsp3) is 0.333. The van der Waals surface area contributed by atoms with Crippen molar-refractivity contribution in [1.82, 2.24) is 4.72 Å². The molecule has 0 aliphatic carbocycles. The van der Waals surface area contributed by atoms with Gasteiger partial charge in [0.2, 0.25) is 10.0 Å². The van der Waals surface area contributed by atoms with E-state index < -0.39 is 28.0 Å². The van der Waals surface area contributed by atoms with Crippen molar-refractivity contribution >= 4 is 27.6 Å². The number of nitrogens with one attached hydrogen (secondary N) is 2. The highest BCUT2D eigenvalue weighted by Gasteiger charge is 2.21. The molecule has 0 bridgehead atoms. The first-order chi connectivity index (χ1) is 13.8. The van der Waals surface area contributed by atoms with Crippen LogP contribution >= 0.6 is 0 Å². The van der Waals surface area contributed by atoms with E-state index in [0.717, 1.165) is 12.0 Å². The molecule has 2 aromatic rings. The molecule has 2 rings (SSSR count). The third-order valence-corrected chi connectivity index (χ3v) is 5.66. The summed E-state index contributed by atoms with van der Waals surface area (Å²) in [6.07, 6.45) is 0.492. The summed E-state index contributed by atoms with van der Waals surface area (Å²) in [5, 5.41) is 2.69. The summed E-state index contributed by atoms with van der Waals surface area (Å²) in [5.74, 6) is -1.25. The summed E-state index contributed by atoms with van der Waals surface area (Å²) >= 11 is 0. The molecule has 0 aliphatic rings. The summed E-state index contributed by atoms with van der Waals surface area (Å²) in [7, 11) is -3.71. The van der Waals surface area contributed by atoms with Gasteiger partial charge in [0.25, 0.3) is 5.91 Å². The zero-order valence-corrected chi connectivity index (χ0v) is 17.6. The van der Waals surface area contributed by atoms with Gasteiger partial charge in [-0.2, -0.15) is 0 Å². The van der Waals surface area contributed by atoms with Crippen LogP contribution in [0.1, 0.15) is 43.1 Å². The number of rotatable bonds is 9. The van der Waals surface area contributed by atoms with Crippen LogP contribution in [0.4, 0.5) is 5.69 Å². The van der Waals surface area contributed by atoms with Gasteiger partial charge in [0.15, 0.2) is 6.10 Å². The number of aryl methyl sites for hydroxylation is 1. The number of carbonyl (C=O) groups excluding carboxylic acids is 2. The number of anilines is 1. The fourth-order valence-corrected chi connectivity index (χ4v) is 3.64. The quantitative estimate of drug-likeness (QED) is 0.609. The van der Waals surface area contributed by atoms with E-state index >= 15 is 0 Å². The van der Waals surface area contributed by atoms with Gasteiger partial charge < -0.3 is 10.1 Å². The molecule has 1 amide bonds. The topological polar surface area (TPSA) is 102 Å². The number of hydrogen-bond acceptors (Lipinski definition) is 5. The van der Waals surface area contributed by atoms with Crippen molar-refractivity contribution in [2.24, 2.45) is 0 Å². The lowest BCUT2D eigenvalue weighted by Gasteiger charge is -2.14. The van der Waals surface area contributed by atoms with Gasteiger partial charge in [-0.1, -0.05) is 32.0 Å². The average molecular weight is 419 g/mol. The van der Waals surface area contributed by atoms with E-state index in [1.165, 1.54) is 31.2 Å². The van der Waals surface area contributed by atoms with Crippen LogP contribution in [0.2, 0.25) is 0 Å². The van der Waals surface area contributed by atoms with Gasteiger partial charge >= 0.3 is 5.97 Å². The monoisotopic (exact) mass is 418 g/mol. The number of esters is 1. The lowest BCUT2D eigenvalue weighted by atomic mass is 10.1. The SMILES string of the molecule is CCCNS(=O)(=O)c1cccc(C(=O)O[C@@H](C)C(=O)Nc2ccc(CC)cc2)c1. The predicted molar refractivity (Wildman–Crippen MR) is 111 cm³/mol. The van der Waals surface area contributed by atoms with Gasteiger partial charge in [-0.05, 0) is 55.7 Å². The molecular formula is C21H26N2O5S. The summed E-state index contributed by atoms with van der Waals surface area (Å²) in [4.78, 5) is 24.6. The minimum absolute atomic E-state index is 0.0338. The Balaban J connectivity index is 2.03. The minimum Gasteiger partial charge on any atom is -0.449 e. The van der Waals surface area contributed by atoms with Gasteiger partial charge in [0.05, 0.1) is 10.5 Å². The van der Waals surface area contributed by atoms with Gasteiger partial charge in [0.1, 0.15) is 0 Å². The predicted octanol–water partition coefficient (Wildman–Crippen LogP) is 3.12. The number of sulfonamides is 1. The Bertz CT molecular complexity index is 955. The smallest absolute Gasteiger partial charge is 0.338 e. The Morgan fingerprint density at radius 3 is 2.38 bits per heavy atom. The lowest BCUT2D eigenvalue weighted by molar-refractivity contribution is -0.123. The maximum Gasteiger partial charge on any atom is 0.338 e. The average Bonchev–Trinajstić information content (AvgIpc) is 2.72. The van der Waals surface area contributed by atoms with E-state index in [1.807, 2.05) is 26.0 Å². The van der Waals surface area contributed by atoms with Gasteiger partial charge in [-0.25, -0.2) is 17.9 Å². The molecule has 156 valence electrons. The molecule has 0 radical (unpaired) electrons. The van der Waals surface area contributed by atoms with Crippen LogP contribution in [-0.2, 0) is 26.0 Å². The molecule has 0 saturated heterocycles. The van der Waals surface area contributed by atoms with E-state index in [-0.39, 0.29) is 10.5 Å². The first-order valence-electron chi connectivity index (χ1n) is 9.47. The Morgan fingerprint density at radius 2 is 1.76 bits per heavy atom. The van der Waals surface area contributed by atoms with E-state index in [2.05, 4.69) is 10.0 Å². The number of ether oxygens (including phenoxy) is 1. The zero-order chi connectivity index (χ0) is 21.4. The molecule has 29 heavy (non-hydrogen) atoms. The molecule has 0 heterocycles. The Labute approximate surface area is 171 Å². The normalized spacial score (nSPS) is 12.2. The molecule has 0 aromatic heterocycles. The van der Waals surface area contributed by atoms with Crippen LogP contribution in [0.15, 0.2) is 53.4 Å². The highest BCUT2D eigenvalue weighted by molar-refractivity contribution is 7.89. The highest BCUT2D eigenvalue weighted by Crippen LogP contribution is 2.14. The molecule has 1 atom stereocenters. The second-order valence-corrected chi connectivity index (χ2v) is 8.28. The first kappa shape index (κ1) is 22.6. The van der Waals surface area contributed by atoms with Gasteiger partial charge in [-0.15, -0.1) is 0 Å². The summed E-state index contributed by atoms with van der Waals surface area (Å²) in [6, 6.07) is 12.9. The van der Waals surface area contributed by atoms with Crippen LogP contribution in [-0.4, -0.2) is 32.9 Å².